The van der Waals surface area contributed by atoms with Crippen LogP contribution in [0, 0.1) is 0 Å². The van der Waals surface area contributed by atoms with Crippen LogP contribution < -0.4 is 25.4 Å². The summed E-state index contributed by atoms with van der Waals surface area (Å²) in [7, 11) is 1.80. The van der Waals surface area contributed by atoms with Crippen LogP contribution in [0.3, 0.4) is 0 Å². The zero-order valence-electron chi connectivity index (χ0n) is 18.1. The van der Waals surface area contributed by atoms with Crippen LogP contribution in [0.5, 0.6) is 17.2 Å². The number of ether oxygens (including phenoxy) is 2. The number of rotatable bonds is 6. The molecule has 10 heteroatoms. The number of phenolic OH excluding ortho intramolecular Hbond substituents is 1. The summed E-state index contributed by atoms with van der Waals surface area (Å²) in [5.41, 5.74) is 2.54. The van der Waals surface area contributed by atoms with E-state index in [1.807, 2.05) is 6.07 Å². The van der Waals surface area contributed by atoms with Crippen LogP contribution in [0.1, 0.15) is 42.7 Å². The standard InChI is InChI=1S/C23H26F3N3O4/c1-27-11-14-8-16(13-4-2-3-5-13)19(30)10-17(14)29-22(31)21-12-28-18-9-15(33-23(24,25)26)6-7-20(18)32-21/h6-10,13,21,27-28,30H,2-5,11-12H2,1H3,(H,29,31). The normalized spacial score (nSPS) is 18.2. The second kappa shape index (κ2) is 9.38. The van der Waals surface area contributed by atoms with Gasteiger partial charge in [-0.2, -0.15) is 0 Å². The van der Waals surface area contributed by atoms with Gasteiger partial charge in [0.1, 0.15) is 17.2 Å². The number of halogens is 3. The Hall–Kier alpha value is -3.14. The fraction of sp³-hybridized carbons (Fsp3) is 0.435. The molecule has 33 heavy (non-hydrogen) atoms. The van der Waals surface area contributed by atoms with Crippen molar-refractivity contribution in [3.8, 4) is 17.2 Å². The summed E-state index contributed by atoms with van der Waals surface area (Å²) in [5.74, 6) is -0.101. The molecule has 7 nitrogen and oxygen atoms in total. The van der Waals surface area contributed by atoms with Gasteiger partial charge in [-0.1, -0.05) is 12.8 Å². The quantitative estimate of drug-likeness (QED) is 0.503. The number of alkyl halides is 3. The lowest BCUT2D eigenvalue weighted by Gasteiger charge is -2.27. The van der Waals surface area contributed by atoms with Gasteiger partial charge in [0, 0.05) is 24.4 Å². The summed E-state index contributed by atoms with van der Waals surface area (Å²) in [4.78, 5) is 12.9. The number of benzene rings is 2. The predicted octanol–water partition coefficient (Wildman–Crippen LogP) is 4.48. The third kappa shape index (κ3) is 5.44. The molecule has 1 fully saturated rings. The van der Waals surface area contributed by atoms with Crippen molar-refractivity contribution in [2.45, 2.75) is 50.6 Å². The molecule has 0 aromatic heterocycles. The zero-order valence-corrected chi connectivity index (χ0v) is 18.1. The van der Waals surface area contributed by atoms with Gasteiger partial charge in [-0.25, -0.2) is 0 Å². The van der Waals surface area contributed by atoms with Gasteiger partial charge in [-0.15, -0.1) is 13.2 Å². The number of fused-ring (bicyclic) bond motifs is 1. The minimum absolute atomic E-state index is 0.0573. The van der Waals surface area contributed by atoms with Crippen LogP contribution in [0.15, 0.2) is 30.3 Å². The Labute approximate surface area is 189 Å². The smallest absolute Gasteiger partial charge is 0.508 e. The van der Waals surface area contributed by atoms with E-state index in [9.17, 15) is 23.1 Å². The van der Waals surface area contributed by atoms with Gasteiger partial charge in [0.25, 0.3) is 5.91 Å². The number of aromatic hydroxyl groups is 1. The first kappa shape index (κ1) is 23.0. The molecule has 0 bridgehead atoms. The maximum absolute atomic E-state index is 12.9. The van der Waals surface area contributed by atoms with E-state index in [2.05, 4.69) is 20.7 Å². The molecular weight excluding hydrogens is 439 g/mol. The molecule has 2 aliphatic rings. The molecule has 2 aromatic carbocycles. The van der Waals surface area contributed by atoms with Gasteiger partial charge in [0.15, 0.2) is 6.10 Å². The molecule has 0 radical (unpaired) electrons. The molecule has 1 atom stereocenters. The average Bonchev–Trinajstić information content (AvgIpc) is 3.28. The molecule has 2 aromatic rings. The molecule has 4 N–H and O–H groups in total. The summed E-state index contributed by atoms with van der Waals surface area (Å²) in [5, 5.41) is 19.4. The van der Waals surface area contributed by atoms with Gasteiger partial charge < -0.3 is 30.5 Å². The van der Waals surface area contributed by atoms with E-state index in [0.29, 0.717) is 23.8 Å². The molecule has 1 heterocycles. The number of nitrogens with one attached hydrogen (secondary N) is 3. The van der Waals surface area contributed by atoms with Crippen molar-refractivity contribution in [3.05, 3.63) is 41.5 Å². The maximum Gasteiger partial charge on any atom is 0.573 e. The molecule has 0 saturated heterocycles. The first-order valence-electron chi connectivity index (χ1n) is 10.8. The molecule has 1 unspecified atom stereocenters. The molecular formula is C23H26F3N3O4. The Morgan fingerprint density at radius 3 is 2.70 bits per heavy atom. The fourth-order valence-corrected chi connectivity index (χ4v) is 4.37. The second-order valence-corrected chi connectivity index (χ2v) is 8.26. The summed E-state index contributed by atoms with van der Waals surface area (Å²) in [6.07, 6.45) is -1.35. The number of phenols is 1. The molecule has 1 aliphatic heterocycles. The molecule has 4 rings (SSSR count). The summed E-state index contributed by atoms with van der Waals surface area (Å²) >= 11 is 0. The average molecular weight is 465 g/mol. The Bertz CT molecular complexity index is 1020. The topological polar surface area (TPSA) is 91.9 Å². The van der Waals surface area contributed by atoms with E-state index in [1.54, 1.807) is 13.1 Å². The highest BCUT2D eigenvalue weighted by molar-refractivity contribution is 5.96. The molecule has 1 amide bonds. The van der Waals surface area contributed by atoms with Gasteiger partial charge in [-0.3, -0.25) is 4.79 Å². The third-order valence-electron chi connectivity index (χ3n) is 5.90. The van der Waals surface area contributed by atoms with E-state index in [4.69, 9.17) is 4.74 Å². The summed E-state index contributed by atoms with van der Waals surface area (Å²) in [6.45, 7) is 0.562. The Kier molecular flexibility index (Phi) is 6.55. The highest BCUT2D eigenvalue weighted by atomic mass is 19.4. The number of hydrogen-bond donors (Lipinski definition) is 4. The SMILES string of the molecule is CNCc1cc(C2CCCC2)c(O)cc1NC(=O)C1CNc2cc(OC(F)(F)F)ccc2O1. The van der Waals surface area contributed by atoms with Gasteiger partial charge in [0.05, 0.1) is 12.2 Å². The van der Waals surface area contributed by atoms with Crippen molar-refractivity contribution in [2.24, 2.45) is 0 Å². The van der Waals surface area contributed by atoms with Gasteiger partial charge in [-0.05, 0) is 55.1 Å². The number of amides is 1. The van der Waals surface area contributed by atoms with Crippen LogP contribution in [0.25, 0.3) is 0 Å². The molecule has 1 aliphatic carbocycles. The number of carbonyl (C=O) groups is 1. The number of carbonyl (C=O) groups excluding carboxylic acids is 1. The monoisotopic (exact) mass is 465 g/mol. The molecule has 1 saturated carbocycles. The van der Waals surface area contributed by atoms with E-state index in [-0.39, 0.29) is 23.8 Å². The first-order valence-corrected chi connectivity index (χ1v) is 10.8. The van der Waals surface area contributed by atoms with Crippen LogP contribution in [0.2, 0.25) is 0 Å². The van der Waals surface area contributed by atoms with E-state index < -0.39 is 18.4 Å². The molecule has 0 spiro atoms. The highest BCUT2D eigenvalue weighted by Gasteiger charge is 2.32. The minimum atomic E-state index is -4.80. The Morgan fingerprint density at radius 2 is 2.00 bits per heavy atom. The lowest BCUT2D eigenvalue weighted by Crippen LogP contribution is -2.41. The van der Waals surface area contributed by atoms with Crippen LogP contribution >= 0.6 is 0 Å². The second-order valence-electron chi connectivity index (χ2n) is 8.26. The van der Waals surface area contributed by atoms with Crippen molar-refractivity contribution in [3.63, 3.8) is 0 Å². The zero-order chi connectivity index (χ0) is 23.6. The van der Waals surface area contributed by atoms with E-state index >= 15 is 0 Å². The van der Waals surface area contributed by atoms with Gasteiger partial charge >= 0.3 is 6.36 Å². The third-order valence-corrected chi connectivity index (χ3v) is 5.90. The van der Waals surface area contributed by atoms with E-state index in [0.717, 1.165) is 42.9 Å². The lowest BCUT2D eigenvalue weighted by molar-refractivity contribution is -0.274. The molecule has 178 valence electrons. The highest BCUT2D eigenvalue weighted by Crippen LogP contribution is 2.41. The van der Waals surface area contributed by atoms with E-state index in [1.165, 1.54) is 12.1 Å². The van der Waals surface area contributed by atoms with Crippen molar-refractivity contribution >= 4 is 17.3 Å². The largest absolute Gasteiger partial charge is 0.573 e. The van der Waals surface area contributed by atoms with Gasteiger partial charge in [0.2, 0.25) is 0 Å². The lowest BCUT2D eigenvalue weighted by atomic mass is 9.94. The summed E-state index contributed by atoms with van der Waals surface area (Å²) < 4.78 is 46.9. The Balaban J connectivity index is 1.48. The Morgan fingerprint density at radius 1 is 1.24 bits per heavy atom. The number of hydrogen-bond acceptors (Lipinski definition) is 6. The van der Waals surface area contributed by atoms with Crippen molar-refractivity contribution in [1.82, 2.24) is 5.32 Å². The number of anilines is 2. The van der Waals surface area contributed by atoms with Crippen LogP contribution in [-0.2, 0) is 11.3 Å². The minimum Gasteiger partial charge on any atom is -0.508 e. The van der Waals surface area contributed by atoms with Crippen LogP contribution in [0.4, 0.5) is 24.5 Å². The summed E-state index contributed by atoms with van der Waals surface area (Å²) in [6, 6.07) is 7.12. The van der Waals surface area contributed by atoms with Crippen LogP contribution in [-0.4, -0.2) is 37.1 Å². The van der Waals surface area contributed by atoms with Crippen molar-refractivity contribution in [2.75, 3.05) is 24.2 Å². The first-order chi connectivity index (χ1) is 15.7. The predicted molar refractivity (Wildman–Crippen MR) is 117 cm³/mol. The fourth-order valence-electron chi connectivity index (χ4n) is 4.37. The van der Waals surface area contributed by atoms with Crippen molar-refractivity contribution in [1.29, 1.82) is 0 Å². The van der Waals surface area contributed by atoms with Crippen molar-refractivity contribution < 1.29 is 32.5 Å². The maximum atomic E-state index is 12.9.